The molecule has 1 amide bonds. The van der Waals surface area contributed by atoms with E-state index >= 15 is 0 Å². The minimum atomic E-state index is -0.715. The SMILES string of the molecule is Nc1ccc(C(=O)Nc2c(F)cccc2Cl)cc1F. The zero-order valence-electron chi connectivity index (χ0n) is 9.58. The second kappa shape index (κ2) is 5.24. The van der Waals surface area contributed by atoms with E-state index in [1.807, 2.05) is 0 Å². The molecule has 0 aliphatic carbocycles. The molecule has 98 valence electrons. The number of nitrogens with one attached hydrogen (secondary N) is 1. The Morgan fingerprint density at radius 2 is 1.89 bits per heavy atom. The molecule has 0 aromatic heterocycles. The Balaban J connectivity index is 2.28. The summed E-state index contributed by atoms with van der Waals surface area (Å²) in [6, 6.07) is 7.57. The van der Waals surface area contributed by atoms with Crippen molar-refractivity contribution in [2.24, 2.45) is 0 Å². The zero-order chi connectivity index (χ0) is 14.0. The fraction of sp³-hybridized carbons (Fsp3) is 0. The maximum Gasteiger partial charge on any atom is 0.255 e. The van der Waals surface area contributed by atoms with Crippen molar-refractivity contribution < 1.29 is 13.6 Å². The van der Waals surface area contributed by atoms with Gasteiger partial charge in [0.05, 0.1) is 16.4 Å². The van der Waals surface area contributed by atoms with E-state index in [0.717, 1.165) is 12.1 Å². The molecule has 0 saturated carbocycles. The van der Waals surface area contributed by atoms with Crippen LogP contribution in [0, 0.1) is 11.6 Å². The minimum absolute atomic E-state index is 0.0195. The summed E-state index contributed by atoms with van der Waals surface area (Å²) in [5, 5.41) is 2.35. The fourth-order valence-corrected chi connectivity index (χ4v) is 1.68. The van der Waals surface area contributed by atoms with Gasteiger partial charge in [0.15, 0.2) is 0 Å². The van der Waals surface area contributed by atoms with Crippen molar-refractivity contribution in [2.45, 2.75) is 0 Å². The first-order chi connectivity index (χ1) is 8.99. The van der Waals surface area contributed by atoms with Crippen LogP contribution in [0.25, 0.3) is 0 Å². The summed E-state index contributed by atoms with van der Waals surface area (Å²) in [5.41, 5.74) is 5.11. The molecule has 0 bridgehead atoms. The van der Waals surface area contributed by atoms with Crippen molar-refractivity contribution in [2.75, 3.05) is 11.1 Å². The van der Waals surface area contributed by atoms with Gasteiger partial charge in [-0.3, -0.25) is 4.79 Å². The van der Waals surface area contributed by atoms with Crippen LogP contribution in [0.15, 0.2) is 36.4 Å². The highest BCUT2D eigenvalue weighted by molar-refractivity contribution is 6.34. The first-order valence-electron chi connectivity index (χ1n) is 5.29. The van der Waals surface area contributed by atoms with Crippen LogP contribution >= 0.6 is 11.6 Å². The molecular formula is C13H9ClF2N2O. The highest BCUT2D eigenvalue weighted by atomic mass is 35.5. The van der Waals surface area contributed by atoms with E-state index in [0.29, 0.717) is 0 Å². The van der Waals surface area contributed by atoms with Gasteiger partial charge in [-0.25, -0.2) is 8.78 Å². The third kappa shape index (κ3) is 2.82. The lowest BCUT2D eigenvalue weighted by Gasteiger charge is -2.08. The number of hydrogen-bond acceptors (Lipinski definition) is 2. The number of nitrogens with two attached hydrogens (primary N) is 1. The Morgan fingerprint density at radius 3 is 2.53 bits per heavy atom. The first-order valence-corrected chi connectivity index (χ1v) is 5.67. The Bertz CT molecular complexity index is 626. The largest absolute Gasteiger partial charge is 0.396 e. The predicted octanol–water partition coefficient (Wildman–Crippen LogP) is 3.45. The van der Waals surface area contributed by atoms with Crippen molar-refractivity contribution >= 4 is 28.9 Å². The third-order valence-electron chi connectivity index (χ3n) is 2.46. The van der Waals surface area contributed by atoms with Gasteiger partial charge < -0.3 is 11.1 Å². The number of halogens is 3. The topological polar surface area (TPSA) is 55.1 Å². The van der Waals surface area contributed by atoms with Crippen molar-refractivity contribution in [3.8, 4) is 0 Å². The molecule has 0 aliphatic rings. The van der Waals surface area contributed by atoms with Crippen molar-refractivity contribution in [3.63, 3.8) is 0 Å². The van der Waals surface area contributed by atoms with Gasteiger partial charge in [-0.05, 0) is 30.3 Å². The molecule has 6 heteroatoms. The Morgan fingerprint density at radius 1 is 1.16 bits per heavy atom. The fourth-order valence-electron chi connectivity index (χ4n) is 1.47. The van der Waals surface area contributed by atoms with Crippen LogP contribution < -0.4 is 11.1 Å². The average molecular weight is 283 g/mol. The van der Waals surface area contributed by atoms with Gasteiger partial charge in [-0.2, -0.15) is 0 Å². The molecule has 0 heterocycles. The number of carbonyl (C=O) groups excluding carboxylic acids is 1. The van der Waals surface area contributed by atoms with E-state index in [1.54, 1.807) is 0 Å². The normalized spacial score (nSPS) is 10.3. The lowest BCUT2D eigenvalue weighted by Crippen LogP contribution is -2.14. The van der Waals surface area contributed by atoms with Crippen LogP contribution in [0.1, 0.15) is 10.4 Å². The van der Waals surface area contributed by atoms with Crippen LogP contribution in [0.5, 0.6) is 0 Å². The number of nitrogen functional groups attached to an aromatic ring is 1. The van der Waals surface area contributed by atoms with Crippen LogP contribution in [0.3, 0.4) is 0 Å². The second-order valence-corrected chi connectivity index (χ2v) is 4.19. The van der Waals surface area contributed by atoms with E-state index in [9.17, 15) is 13.6 Å². The molecule has 3 N–H and O–H groups in total. The standard InChI is InChI=1S/C13H9ClF2N2O/c14-8-2-1-3-9(15)12(8)18-13(19)7-4-5-11(17)10(16)6-7/h1-6H,17H2,(H,18,19). The number of rotatable bonds is 2. The van der Waals surface area contributed by atoms with E-state index in [-0.39, 0.29) is 22.0 Å². The van der Waals surface area contributed by atoms with Gasteiger partial charge in [-0.15, -0.1) is 0 Å². The summed E-state index contributed by atoms with van der Waals surface area (Å²) < 4.78 is 26.7. The lowest BCUT2D eigenvalue weighted by atomic mass is 10.2. The predicted molar refractivity (Wildman–Crippen MR) is 70.2 cm³/mol. The molecular weight excluding hydrogens is 274 g/mol. The van der Waals surface area contributed by atoms with Gasteiger partial charge in [0.25, 0.3) is 5.91 Å². The molecule has 0 spiro atoms. The number of hydrogen-bond donors (Lipinski definition) is 2. The molecule has 2 rings (SSSR count). The van der Waals surface area contributed by atoms with Gasteiger partial charge in [0, 0.05) is 5.56 Å². The van der Waals surface area contributed by atoms with Gasteiger partial charge >= 0.3 is 0 Å². The molecule has 2 aromatic carbocycles. The van der Waals surface area contributed by atoms with Crippen LogP contribution in [0.2, 0.25) is 5.02 Å². The summed E-state index contributed by atoms with van der Waals surface area (Å²) in [7, 11) is 0. The van der Waals surface area contributed by atoms with E-state index < -0.39 is 17.5 Å². The Hall–Kier alpha value is -2.14. The van der Waals surface area contributed by atoms with Crippen molar-refractivity contribution in [3.05, 3.63) is 58.6 Å². The summed E-state index contributed by atoms with van der Waals surface area (Å²) in [4.78, 5) is 11.8. The second-order valence-electron chi connectivity index (χ2n) is 3.79. The quantitative estimate of drug-likeness (QED) is 0.829. The molecule has 2 aromatic rings. The zero-order valence-corrected chi connectivity index (χ0v) is 10.3. The lowest BCUT2D eigenvalue weighted by molar-refractivity contribution is 0.102. The number of amides is 1. The summed E-state index contributed by atoms with van der Waals surface area (Å²) in [6.45, 7) is 0. The van der Waals surface area contributed by atoms with Crippen LogP contribution in [-0.4, -0.2) is 5.91 Å². The van der Waals surface area contributed by atoms with Gasteiger partial charge in [-0.1, -0.05) is 17.7 Å². The molecule has 0 radical (unpaired) electrons. The third-order valence-corrected chi connectivity index (χ3v) is 2.78. The molecule has 3 nitrogen and oxygen atoms in total. The Labute approximate surface area is 113 Å². The van der Waals surface area contributed by atoms with E-state index in [4.69, 9.17) is 17.3 Å². The number of carbonyl (C=O) groups is 1. The average Bonchev–Trinajstić information content (AvgIpc) is 2.37. The van der Waals surface area contributed by atoms with Crippen molar-refractivity contribution in [1.82, 2.24) is 0 Å². The van der Waals surface area contributed by atoms with Gasteiger partial charge in [0.2, 0.25) is 0 Å². The number of benzene rings is 2. The molecule has 19 heavy (non-hydrogen) atoms. The van der Waals surface area contributed by atoms with Gasteiger partial charge in [0.1, 0.15) is 11.6 Å². The first kappa shape index (κ1) is 13.3. The maximum atomic E-state index is 13.5. The summed E-state index contributed by atoms with van der Waals surface area (Å²) >= 11 is 5.77. The summed E-state index contributed by atoms with van der Waals surface area (Å²) in [5.74, 6) is -2.06. The highest BCUT2D eigenvalue weighted by Gasteiger charge is 2.13. The Kier molecular flexibility index (Phi) is 3.66. The van der Waals surface area contributed by atoms with Crippen LogP contribution in [0.4, 0.5) is 20.2 Å². The minimum Gasteiger partial charge on any atom is -0.396 e. The molecule has 0 saturated heterocycles. The molecule has 0 atom stereocenters. The molecule has 0 aliphatic heterocycles. The van der Waals surface area contributed by atoms with E-state index in [2.05, 4.69) is 5.32 Å². The van der Waals surface area contributed by atoms with Crippen molar-refractivity contribution in [1.29, 1.82) is 0 Å². The molecule has 0 unspecified atom stereocenters. The molecule has 0 fully saturated rings. The smallest absolute Gasteiger partial charge is 0.255 e. The number of para-hydroxylation sites is 1. The van der Waals surface area contributed by atoms with E-state index in [1.165, 1.54) is 24.3 Å². The maximum absolute atomic E-state index is 13.5. The number of anilines is 2. The highest BCUT2D eigenvalue weighted by Crippen LogP contribution is 2.25. The monoisotopic (exact) mass is 282 g/mol. The van der Waals surface area contributed by atoms with Crippen LogP contribution in [-0.2, 0) is 0 Å². The summed E-state index contributed by atoms with van der Waals surface area (Å²) in [6.07, 6.45) is 0.